The Balaban J connectivity index is 2.56. The van der Waals surface area contributed by atoms with Gasteiger partial charge in [0.25, 0.3) is 0 Å². The Hall–Kier alpha value is -2.36. The van der Waals surface area contributed by atoms with Crippen LogP contribution in [-0.4, -0.2) is 18.1 Å². The molecule has 2 aromatic rings. The van der Waals surface area contributed by atoms with Crippen molar-refractivity contribution in [2.24, 2.45) is 0 Å². The van der Waals surface area contributed by atoms with Crippen LogP contribution < -0.4 is 4.90 Å². The van der Waals surface area contributed by atoms with Gasteiger partial charge in [-0.2, -0.15) is 0 Å². The van der Waals surface area contributed by atoms with Crippen LogP contribution in [0.2, 0.25) is 0 Å². The van der Waals surface area contributed by atoms with Gasteiger partial charge in [0.15, 0.2) is 0 Å². The minimum atomic E-state index is -1.27. The number of nitrogens with zero attached hydrogens (tertiary/aromatic N) is 1. The SMILES string of the molecule is Cc1cc(C)cc(N(C)c2cccc(F)c2C(=O)O)c1. The standard InChI is InChI=1S/C16H16FNO2/c1-10-7-11(2)9-12(8-10)18(3)14-6-4-5-13(17)15(14)16(19)20/h4-9H,1-3H3,(H,19,20). The monoisotopic (exact) mass is 273 g/mol. The smallest absolute Gasteiger partial charge is 0.340 e. The average Bonchev–Trinajstić information content (AvgIpc) is 2.35. The van der Waals surface area contributed by atoms with E-state index in [9.17, 15) is 14.3 Å². The second kappa shape index (κ2) is 5.33. The van der Waals surface area contributed by atoms with Crippen LogP contribution in [0.1, 0.15) is 21.5 Å². The first-order valence-electron chi connectivity index (χ1n) is 6.24. The highest BCUT2D eigenvalue weighted by Gasteiger charge is 2.19. The fourth-order valence-corrected chi connectivity index (χ4v) is 2.29. The van der Waals surface area contributed by atoms with Gasteiger partial charge in [0.1, 0.15) is 11.4 Å². The van der Waals surface area contributed by atoms with Gasteiger partial charge in [-0.1, -0.05) is 12.1 Å². The summed E-state index contributed by atoms with van der Waals surface area (Å²) in [5, 5.41) is 9.18. The first-order chi connectivity index (χ1) is 9.40. The molecule has 0 spiro atoms. The van der Waals surface area contributed by atoms with E-state index in [0.717, 1.165) is 22.9 Å². The Labute approximate surface area is 117 Å². The van der Waals surface area contributed by atoms with Crippen molar-refractivity contribution in [3.63, 3.8) is 0 Å². The van der Waals surface area contributed by atoms with Gasteiger partial charge in [-0.15, -0.1) is 0 Å². The Kier molecular flexibility index (Phi) is 3.74. The second-order valence-electron chi connectivity index (χ2n) is 4.84. The molecule has 0 heterocycles. The van der Waals surface area contributed by atoms with E-state index < -0.39 is 11.8 Å². The Bertz CT molecular complexity index is 647. The summed E-state index contributed by atoms with van der Waals surface area (Å²) in [7, 11) is 1.73. The van der Waals surface area contributed by atoms with Gasteiger partial charge in [-0.05, 0) is 49.2 Å². The summed E-state index contributed by atoms with van der Waals surface area (Å²) in [6, 6.07) is 10.2. The molecule has 104 valence electrons. The maximum atomic E-state index is 13.7. The summed E-state index contributed by atoms with van der Waals surface area (Å²) in [5.41, 5.74) is 2.99. The molecule has 0 unspecified atom stereocenters. The molecule has 0 aliphatic heterocycles. The summed E-state index contributed by atoms with van der Waals surface area (Å²) < 4.78 is 13.7. The summed E-state index contributed by atoms with van der Waals surface area (Å²) in [6.45, 7) is 3.93. The predicted octanol–water partition coefficient (Wildman–Crippen LogP) is 3.91. The summed E-state index contributed by atoms with van der Waals surface area (Å²) in [6.07, 6.45) is 0. The number of aryl methyl sites for hydroxylation is 2. The zero-order valence-electron chi connectivity index (χ0n) is 11.6. The Morgan fingerprint density at radius 1 is 1.15 bits per heavy atom. The highest BCUT2D eigenvalue weighted by atomic mass is 19.1. The lowest BCUT2D eigenvalue weighted by molar-refractivity contribution is 0.0693. The largest absolute Gasteiger partial charge is 0.478 e. The number of aromatic carboxylic acids is 1. The first kappa shape index (κ1) is 14.1. The molecule has 0 aliphatic carbocycles. The molecule has 0 fully saturated rings. The van der Waals surface area contributed by atoms with Gasteiger partial charge in [-0.3, -0.25) is 0 Å². The number of anilines is 2. The molecule has 0 radical (unpaired) electrons. The van der Waals surface area contributed by atoms with Crippen LogP contribution in [0.25, 0.3) is 0 Å². The van der Waals surface area contributed by atoms with Gasteiger partial charge in [-0.25, -0.2) is 9.18 Å². The number of hydrogen-bond donors (Lipinski definition) is 1. The lowest BCUT2D eigenvalue weighted by atomic mass is 10.1. The van der Waals surface area contributed by atoms with Crippen LogP contribution in [0.3, 0.4) is 0 Å². The van der Waals surface area contributed by atoms with E-state index in [1.807, 2.05) is 32.0 Å². The average molecular weight is 273 g/mol. The Morgan fingerprint density at radius 2 is 1.75 bits per heavy atom. The van der Waals surface area contributed by atoms with Crippen molar-refractivity contribution in [1.29, 1.82) is 0 Å². The van der Waals surface area contributed by atoms with Crippen molar-refractivity contribution < 1.29 is 14.3 Å². The van der Waals surface area contributed by atoms with E-state index in [0.29, 0.717) is 5.69 Å². The van der Waals surface area contributed by atoms with Crippen molar-refractivity contribution in [1.82, 2.24) is 0 Å². The first-order valence-corrected chi connectivity index (χ1v) is 6.24. The third-order valence-electron chi connectivity index (χ3n) is 3.16. The zero-order chi connectivity index (χ0) is 14.9. The van der Waals surface area contributed by atoms with Crippen LogP contribution in [0.5, 0.6) is 0 Å². The molecule has 2 rings (SSSR count). The summed E-state index contributed by atoms with van der Waals surface area (Å²) >= 11 is 0. The predicted molar refractivity (Wildman–Crippen MR) is 77.3 cm³/mol. The van der Waals surface area contributed by atoms with E-state index in [1.165, 1.54) is 6.07 Å². The number of halogens is 1. The van der Waals surface area contributed by atoms with Crippen LogP contribution in [0, 0.1) is 19.7 Å². The molecule has 0 atom stereocenters. The molecule has 0 amide bonds. The minimum Gasteiger partial charge on any atom is -0.478 e. The molecule has 0 saturated carbocycles. The summed E-state index contributed by atoms with van der Waals surface area (Å²) in [5.74, 6) is -2.00. The van der Waals surface area contributed by atoms with E-state index in [-0.39, 0.29) is 5.56 Å². The molecule has 3 nitrogen and oxygen atoms in total. The van der Waals surface area contributed by atoms with E-state index in [2.05, 4.69) is 0 Å². The molecule has 4 heteroatoms. The lowest BCUT2D eigenvalue weighted by Crippen LogP contribution is -2.15. The third kappa shape index (κ3) is 2.64. The molecule has 0 aromatic heterocycles. The van der Waals surface area contributed by atoms with Crippen molar-refractivity contribution >= 4 is 17.3 Å². The third-order valence-corrected chi connectivity index (χ3v) is 3.16. The highest BCUT2D eigenvalue weighted by Crippen LogP contribution is 2.29. The molecule has 0 aliphatic rings. The number of hydrogen-bond acceptors (Lipinski definition) is 2. The maximum Gasteiger partial charge on any atom is 0.340 e. The molecular formula is C16H16FNO2. The minimum absolute atomic E-state index is 0.311. The van der Waals surface area contributed by atoms with Gasteiger partial charge >= 0.3 is 5.97 Å². The van der Waals surface area contributed by atoms with Crippen molar-refractivity contribution in [2.75, 3.05) is 11.9 Å². The van der Waals surface area contributed by atoms with Gasteiger partial charge in [0.05, 0.1) is 5.69 Å². The van der Waals surface area contributed by atoms with E-state index >= 15 is 0 Å². The number of carboxylic acid groups (broad SMARTS) is 1. The van der Waals surface area contributed by atoms with Crippen molar-refractivity contribution in [2.45, 2.75) is 13.8 Å². The number of benzene rings is 2. The zero-order valence-corrected chi connectivity index (χ0v) is 11.6. The normalized spacial score (nSPS) is 10.4. The Morgan fingerprint density at radius 3 is 2.30 bits per heavy atom. The number of carboxylic acids is 1. The molecule has 0 bridgehead atoms. The van der Waals surface area contributed by atoms with Crippen molar-refractivity contribution in [3.8, 4) is 0 Å². The van der Waals surface area contributed by atoms with Gasteiger partial charge in [0.2, 0.25) is 0 Å². The lowest BCUT2D eigenvalue weighted by Gasteiger charge is -2.22. The second-order valence-corrected chi connectivity index (χ2v) is 4.84. The van der Waals surface area contributed by atoms with E-state index in [4.69, 9.17) is 0 Å². The van der Waals surface area contributed by atoms with Crippen LogP contribution in [-0.2, 0) is 0 Å². The molecule has 1 N–H and O–H groups in total. The number of rotatable bonds is 3. The molecule has 0 saturated heterocycles. The van der Waals surface area contributed by atoms with E-state index in [1.54, 1.807) is 18.0 Å². The molecular weight excluding hydrogens is 257 g/mol. The maximum absolute atomic E-state index is 13.7. The van der Waals surface area contributed by atoms with Gasteiger partial charge < -0.3 is 10.0 Å². The van der Waals surface area contributed by atoms with Gasteiger partial charge in [0, 0.05) is 12.7 Å². The fourth-order valence-electron chi connectivity index (χ4n) is 2.29. The highest BCUT2D eigenvalue weighted by molar-refractivity contribution is 5.95. The topological polar surface area (TPSA) is 40.5 Å². The van der Waals surface area contributed by atoms with Crippen LogP contribution in [0.15, 0.2) is 36.4 Å². The van der Waals surface area contributed by atoms with Crippen molar-refractivity contribution in [3.05, 3.63) is 58.9 Å². The van der Waals surface area contributed by atoms with Crippen LogP contribution >= 0.6 is 0 Å². The fraction of sp³-hybridized carbons (Fsp3) is 0.188. The quantitative estimate of drug-likeness (QED) is 0.921. The molecule has 2 aromatic carbocycles. The van der Waals surface area contributed by atoms with Crippen LogP contribution in [0.4, 0.5) is 15.8 Å². The molecule has 20 heavy (non-hydrogen) atoms. The summed E-state index contributed by atoms with van der Waals surface area (Å²) in [4.78, 5) is 12.9. The number of carbonyl (C=O) groups is 1.